The summed E-state index contributed by atoms with van der Waals surface area (Å²) >= 11 is 0. The van der Waals surface area contributed by atoms with Crippen molar-refractivity contribution in [2.45, 2.75) is 107 Å². The van der Waals surface area contributed by atoms with Gasteiger partial charge in [-0.05, 0) is 65.0 Å². The zero-order valence-corrected chi connectivity index (χ0v) is 33.8. The molecule has 308 valence electrons. The molecule has 58 heavy (non-hydrogen) atoms. The van der Waals surface area contributed by atoms with Gasteiger partial charge in [0.25, 0.3) is 5.91 Å². The molecule has 4 amide bonds. The first-order valence-corrected chi connectivity index (χ1v) is 21.2. The molecular formula is C42H49N5O10S. The second-order valence-corrected chi connectivity index (χ2v) is 18.4. The molecule has 3 aromatic rings. The monoisotopic (exact) mass is 815 g/mol. The number of fused-ring (bicyclic) bond motifs is 3. The summed E-state index contributed by atoms with van der Waals surface area (Å²) in [6.07, 6.45) is 4.11. The number of nitrogens with zero attached hydrogens (tertiary/aromatic N) is 2. The molecule has 0 bridgehead atoms. The number of allylic oxidation sites excluding steroid dienone is 1. The van der Waals surface area contributed by atoms with Gasteiger partial charge in [-0.15, -0.1) is 0 Å². The van der Waals surface area contributed by atoms with Crippen LogP contribution in [0.3, 0.4) is 0 Å². The molecule has 1 aromatic heterocycles. The molecule has 3 heterocycles. The molecule has 0 radical (unpaired) electrons. The maximum atomic E-state index is 14.6. The van der Waals surface area contributed by atoms with Gasteiger partial charge in [0, 0.05) is 41.8 Å². The molecule has 2 aromatic carbocycles. The van der Waals surface area contributed by atoms with Crippen LogP contribution in [0.25, 0.3) is 22.2 Å². The molecule has 1 saturated heterocycles. The third-order valence-electron chi connectivity index (χ3n) is 10.7. The number of amides is 4. The minimum atomic E-state index is -3.95. The second-order valence-electron chi connectivity index (χ2n) is 16.4. The Kier molecular flexibility index (Phi) is 11.2. The minimum Gasteiger partial charge on any atom is -0.497 e. The number of hydrogen-bond acceptors (Lipinski definition) is 11. The Labute approximate surface area is 337 Å². The predicted octanol–water partition coefficient (Wildman–Crippen LogP) is 3.70. The summed E-state index contributed by atoms with van der Waals surface area (Å²) in [6.45, 7) is 4.93. The van der Waals surface area contributed by atoms with Gasteiger partial charge in [-0.25, -0.2) is 13.4 Å². The summed E-state index contributed by atoms with van der Waals surface area (Å²) < 4.78 is 45.7. The summed E-state index contributed by atoms with van der Waals surface area (Å²) in [5, 5.41) is 5.54. The molecule has 2 aliphatic carbocycles. The number of hydrogen-bond donors (Lipinski definition) is 3. The number of sulfonamides is 1. The predicted molar refractivity (Wildman–Crippen MR) is 213 cm³/mol. The van der Waals surface area contributed by atoms with Gasteiger partial charge in [0.1, 0.15) is 40.8 Å². The van der Waals surface area contributed by atoms with E-state index in [1.807, 2.05) is 36.4 Å². The number of rotatable bonds is 9. The number of ether oxygens (including phenoxy) is 3. The quantitative estimate of drug-likeness (QED) is 0.210. The van der Waals surface area contributed by atoms with E-state index in [-0.39, 0.29) is 25.8 Å². The van der Waals surface area contributed by atoms with Crippen molar-refractivity contribution in [3.63, 3.8) is 0 Å². The summed E-state index contributed by atoms with van der Waals surface area (Å²) in [4.78, 5) is 75.5. The van der Waals surface area contributed by atoms with Crippen LogP contribution in [-0.4, -0.2) is 96.1 Å². The van der Waals surface area contributed by atoms with Gasteiger partial charge in [0.15, 0.2) is 0 Å². The number of methoxy groups -OCH3 is 1. The summed E-state index contributed by atoms with van der Waals surface area (Å²) in [7, 11) is -2.39. The van der Waals surface area contributed by atoms with E-state index in [0.717, 1.165) is 5.56 Å². The molecule has 0 unspecified atom stereocenters. The largest absolute Gasteiger partial charge is 0.497 e. The SMILES string of the molecule is COc1ccc2c(O[C@@H]3C[C@H]4C(=O)N[C@]5(C(=O)NS(=O)(=O)C6CC6)C[C@@H]5/C=C\CCCC(=O)N[C@@H](CC(=O)OC(C)(C)C)C(=O)N4C3)cc(-c3ccccc3)nc2c1. The van der Waals surface area contributed by atoms with Crippen LogP contribution >= 0.6 is 0 Å². The van der Waals surface area contributed by atoms with E-state index in [9.17, 15) is 32.4 Å². The van der Waals surface area contributed by atoms with Gasteiger partial charge in [-0.2, -0.15) is 0 Å². The number of nitrogens with one attached hydrogen (secondary N) is 3. The first-order valence-electron chi connectivity index (χ1n) is 19.6. The van der Waals surface area contributed by atoms with Crippen molar-refractivity contribution < 1.29 is 46.6 Å². The number of benzene rings is 2. The smallest absolute Gasteiger partial charge is 0.308 e. The zero-order valence-electron chi connectivity index (χ0n) is 33.0. The van der Waals surface area contributed by atoms with Crippen LogP contribution in [-0.2, 0) is 38.7 Å². The molecule has 3 N–H and O–H groups in total. The normalized spacial score (nSPS) is 25.9. The number of esters is 1. The maximum Gasteiger partial charge on any atom is 0.308 e. The van der Waals surface area contributed by atoms with Crippen molar-refractivity contribution in [3.8, 4) is 22.8 Å². The van der Waals surface area contributed by atoms with Gasteiger partial charge in [0.05, 0.1) is 36.5 Å². The van der Waals surface area contributed by atoms with Crippen LogP contribution in [0.1, 0.15) is 72.1 Å². The lowest BCUT2D eigenvalue weighted by molar-refractivity contribution is -0.157. The van der Waals surface area contributed by atoms with E-state index in [0.29, 0.717) is 53.8 Å². The standard InChI is InChI=1S/C42H49N5O10S/c1-41(2,3)57-37(49)22-33-39(51)47-24-28(56-35-21-31(25-11-7-5-8-12-25)43-32-19-27(55-4)15-18-30(32)35)20-34(47)38(50)45-42(40(52)46-58(53,54)29-16-17-29)23-26(42)13-9-6-10-14-36(48)44-33/h5,7-9,11-13,15,18-19,21,26,28-29,33-34H,6,10,14,16-17,20,22-24H2,1-4H3,(H,44,48)(H,45,50)(H,46,52)/b13-9-/t26-,28+,33-,34-,42+/m0/s1. The Morgan fingerprint density at radius 2 is 1.81 bits per heavy atom. The molecule has 2 saturated carbocycles. The molecule has 7 rings (SSSR count). The Bertz CT molecular complexity index is 2250. The van der Waals surface area contributed by atoms with Gasteiger partial charge in [-0.3, -0.25) is 28.7 Å². The number of carbonyl (C=O) groups excluding carboxylic acids is 5. The Hall–Kier alpha value is -5.51. The summed E-state index contributed by atoms with van der Waals surface area (Å²) in [6, 6.07) is 14.0. The fraction of sp³-hybridized carbons (Fsp3) is 0.476. The van der Waals surface area contributed by atoms with Crippen molar-refractivity contribution >= 4 is 50.5 Å². The van der Waals surface area contributed by atoms with E-state index >= 15 is 0 Å². The van der Waals surface area contributed by atoms with E-state index in [1.165, 1.54) is 4.90 Å². The van der Waals surface area contributed by atoms with Crippen LogP contribution in [0.4, 0.5) is 0 Å². The van der Waals surface area contributed by atoms with Crippen LogP contribution in [0, 0.1) is 5.92 Å². The van der Waals surface area contributed by atoms with E-state index in [4.69, 9.17) is 19.2 Å². The van der Waals surface area contributed by atoms with Gasteiger partial charge >= 0.3 is 5.97 Å². The van der Waals surface area contributed by atoms with Crippen LogP contribution in [0.5, 0.6) is 11.5 Å². The maximum absolute atomic E-state index is 14.6. The number of pyridine rings is 1. The van der Waals surface area contributed by atoms with Gasteiger partial charge in [-0.1, -0.05) is 42.5 Å². The first kappa shape index (κ1) is 40.7. The highest BCUT2D eigenvalue weighted by Crippen LogP contribution is 2.46. The summed E-state index contributed by atoms with van der Waals surface area (Å²) in [5.74, 6) is -2.97. The molecule has 5 atom stereocenters. The lowest BCUT2D eigenvalue weighted by Gasteiger charge is -2.30. The third kappa shape index (κ3) is 9.11. The highest BCUT2D eigenvalue weighted by molar-refractivity contribution is 7.91. The van der Waals surface area contributed by atoms with Crippen molar-refractivity contribution in [3.05, 3.63) is 66.7 Å². The summed E-state index contributed by atoms with van der Waals surface area (Å²) in [5.41, 5.74) is -0.436. The molecule has 16 heteroatoms. The number of carbonyl (C=O) groups is 5. The van der Waals surface area contributed by atoms with Gasteiger partial charge < -0.3 is 29.7 Å². The lowest BCUT2D eigenvalue weighted by Crippen LogP contribution is -2.58. The molecule has 3 fully saturated rings. The number of aromatic nitrogens is 1. The molecular weight excluding hydrogens is 767 g/mol. The molecule has 2 aliphatic heterocycles. The van der Waals surface area contributed by atoms with Crippen LogP contribution in [0.2, 0.25) is 0 Å². The van der Waals surface area contributed by atoms with Crippen molar-refractivity contribution in [1.29, 1.82) is 0 Å². The van der Waals surface area contributed by atoms with E-state index < -0.39 is 86.5 Å². The third-order valence-corrected chi connectivity index (χ3v) is 12.5. The van der Waals surface area contributed by atoms with E-state index in [1.54, 1.807) is 58.2 Å². The van der Waals surface area contributed by atoms with Crippen LogP contribution < -0.4 is 24.8 Å². The average Bonchev–Trinajstić information content (AvgIpc) is 4.10. The van der Waals surface area contributed by atoms with E-state index in [2.05, 4.69) is 15.4 Å². The average molecular weight is 816 g/mol. The fourth-order valence-corrected chi connectivity index (χ4v) is 8.90. The van der Waals surface area contributed by atoms with Crippen LogP contribution in [0.15, 0.2) is 66.7 Å². The Morgan fingerprint density at radius 1 is 1.05 bits per heavy atom. The molecule has 4 aliphatic rings. The Morgan fingerprint density at radius 3 is 2.52 bits per heavy atom. The molecule has 0 spiro atoms. The lowest BCUT2D eigenvalue weighted by atomic mass is 10.1. The topological polar surface area (TPSA) is 199 Å². The van der Waals surface area contributed by atoms with Crippen molar-refractivity contribution in [1.82, 2.24) is 25.2 Å². The first-order chi connectivity index (χ1) is 27.5. The molecule has 15 nitrogen and oxygen atoms in total. The fourth-order valence-electron chi connectivity index (χ4n) is 7.54. The van der Waals surface area contributed by atoms with Crippen molar-refractivity contribution in [2.24, 2.45) is 5.92 Å². The van der Waals surface area contributed by atoms with Gasteiger partial charge in [0.2, 0.25) is 27.7 Å². The Balaban J connectivity index is 1.24. The highest BCUT2D eigenvalue weighted by Gasteiger charge is 2.62. The minimum absolute atomic E-state index is 0.0361. The van der Waals surface area contributed by atoms with Crippen molar-refractivity contribution in [2.75, 3.05) is 13.7 Å². The zero-order chi connectivity index (χ0) is 41.4. The highest BCUT2D eigenvalue weighted by atomic mass is 32.2. The second kappa shape index (κ2) is 16.0.